The highest BCUT2D eigenvalue weighted by atomic mass is 16.9. The number of carbonyl (C=O) groups excluding carboxylic acids is 1. The third-order valence-electron chi connectivity index (χ3n) is 7.88. The van der Waals surface area contributed by atoms with Crippen LogP contribution in [0.3, 0.4) is 0 Å². The lowest BCUT2D eigenvalue weighted by molar-refractivity contribution is -0.757. The van der Waals surface area contributed by atoms with Crippen molar-refractivity contribution >= 4 is 11.7 Å². The molecule has 1 aromatic heterocycles. The zero-order chi connectivity index (χ0) is 29.5. The minimum atomic E-state index is -0.709. The van der Waals surface area contributed by atoms with Crippen LogP contribution in [0.15, 0.2) is 18.3 Å². The highest BCUT2D eigenvalue weighted by molar-refractivity contribution is 5.94. The van der Waals surface area contributed by atoms with Crippen LogP contribution in [0.2, 0.25) is 0 Å². The Morgan fingerprint density at radius 3 is 1.83 bits per heavy atom. The quantitative estimate of drug-likeness (QED) is 0.0801. The minimum Gasteiger partial charge on any atom is -0.354 e. The second-order valence-electron chi connectivity index (χ2n) is 12.1. The Hall–Kier alpha value is -2.42. The number of unbranched alkanes of at least 4 members (excludes halogenated alkanes) is 15. The van der Waals surface area contributed by atoms with Crippen molar-refractivity contribution < 1.29 is 14.7 Å². The number of hydrogen-bond acceptors (Lipinski definition) is 7. The van der Waals surface area contributed by atoms with Crippen LogP contribution < -0.4 is 10.2 Å². The smallest absolute Gasteiger partial charge is 0.294 e. The summed E-state index contributed by atoms with van der Waals surface area (Å²) in [6.45, 7) is 10.8. The van der Waals surface area contributed by atoms with Gasteiger partial charge in [-0.25, -0.2) is 4.98 Å². The molecule has 234 valence electrons. The van der Waals surface area contributed by atoms with Crippen molar-refractivity contribution in [2.45, 2.75) is 117 Å². The summed E-state index contributed by atoms with van der Waals surface area (Å²) in [5, 5.41) is 12.4. The molecule has 1 aliphatic rings. The van der Waals surface area contributed by atoms with Crippen LogP contribution in [0.5, 0.6) is 0 Å². The molecule has 0 spiro atoms. The zero-order valence-corrected chi connectivity index (χ0v) is 26.0. The first-order valence-electron chi connectivity index (χ1n) is 16.4. The second-order valence-corrected chi connectivity index (χ2v) is 12.1. The fraction of sp³-hybridized carbons (Fsp3) is 0.812. The Kier molecular flexibility index (Phi) is 18.8. The van der Waals surface area contributed by atoms with Crippen LogP contribution in [0.25, 0.3) is 0 Å². The summed E-state index contributed by atoms with van der Waals surface area (Å²) in [6.07, 6.45) is 21.2. The molecule has 1 aliphatic heterocycles. The van der Waals surface area contributed by atoms with Crippen LogP contribution in [0.1, 0.15) is 127 Å². The Labute approximate surface area is 248 Å². The third-order valence-corrected chi connectivity index (χ3v) is 7.88. The van der Waals surface area contributed by atoms with Gasteiger partial charge in [-0.1, -0.05) is 104 Å². The Bertz CT molecular complexity index is 813. The molecule has 0 aromatic carbocycles. The summed E-state index contributed by atoms with van der Waals surface area (Å²) < 4.78 is 0. The Morgan fingerprint density at radius 1 is 0.854 bits per heavy atom. The van der Waals surface area contributed by atoms with Crippen molar-refractivity contribution in [3.63, 3.8) is 0 Å². The maximum atomic E-state index is 12.5. The number of amides is 1. The molecule has 0 atom stereocenters. The van der Waals surface area contributed by atoms with Gasteiger partial charge in [0.1, 0.15) is 5.82 Å². The minimum absolute atomic E-state index is 0.0221. The SMILES string of the molecule is CC(C)CN1CCN(c2ccc(C(=O)NCCCCCCCCCCCCCCCCCCO[N+](=O)[O-])cn2)CC1. The van der Waals surface area contributed by atoms with Crippen molar-refractivity contribution in [1.29, 1.82) is 0 Å². The van der Waals surface area contributed by atoms with E-state index in [0.717, 1.165) is 70.8 Å². The number of pyridine rings is 1. The number of nitrogens with one attached hydrogen (secondary N) is 1. The lowest BCUT2D eigenvalue weighted by atomic mass is 10.0. The molecule has 0 radical (unpaired) electrons. The van der Waals surface area contributed by atoms with E-state index in [1.807, 2.05) is 12.1 Å². The number of aromatic nitrogens is 1. The van der Waals surface area contributed by atoms with Gasteiger partial charge >= 0.3 is 0 Å². The molecule has 1 fully saturated rings. The number of hydrogen-bond donors (Lipinski definition) is 1. The van der Waals surface area contributed by atoms with E-state index < -0.39 is 5.09 Å². The molecule has 1 aromatic rings. The van der Waals surface area contributed by atoms with Crippen LogP contribution >= 0.6 is 0 Å². The van der Waals surface area contributed by atoms with Crippen LogP contribution in [0, 0.1) is 16.0 Å². The molecule has 1 N–H and O–H groups in total. The maximum absolute atomic E-state index is 12.5. The van der Waals surface area contributed by atoms with E-state index in [9.17, 15) is 14.9 Å². The molecule has 0 unspecified atom stereocenters. The van der Waals surface area contributed by atoms with Gasteiger partial charge in [-0.05, 0) is 30.9 Å². The molecular weight excluding hydrogens is 518 g/mol. The lowest BCUT2D eigenvalue weighted by Crippen LogP contribution is -2.47. The number of rotatable bonds is 24. The van der Waals surface area contributed by atoms with E-state index >= 15 is 0 Å². The van der Waals surface area contributed by atoms with Gasteiger partial charge in [-0.15, -0.1) is 10.1 Å². The third kappa shape index (κ3) is 17.2. The van der Waals surface area contributed by atoms with Gasteiger partial charge in [0.25, 0.3) is 11.0 Å². The molecular formula is C32H57N5O4. The number of nitrogens with zero attached hydrogens (tertiary/aromatic N) is 4. The van der Waals surface area contributed by atoms with Crippen LogP contribution in [-0.4, -0.2) is 66.8 Å². The first-order chi connectivity index (χ1) is 20.0. The standard InChI is InChI=1S/C32H57N5O4/c1-29(2)28-35-22-24-36(25-23-35)31-20-19-30(27-34-31)32(38)33-21-17-15-13-11-9-7-5-3-4-6-8-10-12-14-16-18-26-41-37(39)40/h19-20,27,29H,3-18,21-26,28H2,1-2H3,(H,33,38). The first kappa shape index (κ1) is 34.8. The van der Waals surface area contributed by atoms with Gasteiger partial charge in [0, 0.05) is 45.5 Å². The van der Waals surface area contributed by atoms with Crippen LogP contribution in [0.4, 0.5) is 5.82 Å². The normalized spacial score (nSPS) is 14.0. The van der Waals surface area contributed by atoms with Crippen molar-refractivity contribution in [3.05, 3.63) is 34.0 Å². The summed E-state index contributed by atoms with van der Waals surface area (Å²) in [6, 6.07) is 3.89. The van der Waals surface area contributed by atoms with E-state index in [1.54, 1.807) is 6.20 Å². The van der Waals surface area contributed by atoms with E-state index in [-0.39, 0.29) is 12.5 Å². The van der Waals surface area contributed by atoms with E-state index in [4.69, 9.17) is 0 Å². The molecule has 1 saturated heterocycles. The molecule has 2 rings (SSSR count). The summed E-state index contributed by atoms with van der Waals surface area (Å²) in [5.41, 5.74) is 0.644. The molecule has 41 heavy (non-hydrogen) atoms. The fourth-order valence-corrected chi connectivity index (χ4v) is 5.53. The molecule has 2 heterocycles. The van der Waals surface area contributed by atoms with Gasteiger partial charge in [-0.3, -0.25) is 9.69 Å². The summed E-state index contributed by atoms with van der Waals surface area (Å²) in [7, 11) is 0. The van der Waals surface area contributed by atoms with Gasteiger partial charge in [0.05, 0.1) is 12.2 Å². The van der Waals surface area contributed by atoms with Crippen LogP contribution in [-0.2, 0) is 4.84 Å². The Morgan fingerprint density at radius 2 is 1.37 bits per heavy atom. The van der Waals surface area contributed by atoms with E-state index in [1.165, 1.54) is 77.0 Å². The van der Waals surface area contributed by atoms with Crippen molar-refractivity contribution in [1.82, 2.24) is 15.2 Å². The van der Waals surface area contributed by atoms with Crippen molar-refractivity contribution in [2.75, 3.05) is 50.8 Å². The summed E-state index contributed by atoms with van der Waals surface area (Å²) >= 11 is 0. The highest BCUT2D eigenvalue weighted by Crippen LogP contribution is 2.16. The van der Waals surface area contributed by atoms with Gasteiger partial charge in [-0.2, -0.15) is 0 Å². The van der Waals surface area contributed by atoms with Gasteiger partial charge < -0.3 is 15.1 Å². The average molecular weight is 576 g/mol. The number of carbonyl (C=O) groups is 1. The predicted molar refractivity (Wildman–Crippen MR) is 167 cm³/mol. The van der Waals surface area contributed by atoms with E-state index in [0.29, 0.717) is 11.5 Å². The van der Waals surface area contributed by atoms with Crippen molar-refractivity contribution in [3.8, 4) is 0 Å². The molecule has 1 amide bonds. The lowest BCUT2D eigenvalue weighted by Gasteiger charge is -2.36. The molecule has 0 aliphatic carbocycles. The summed E-state index contributed by atoms with van der Waals surface area (Å²) in [5.74, 6) is 1.64. The van der Waals surface area contributed by atoms with E-state index in [2.05, 4.69) is 38.8 Å². The first-order valence-corrected chi connectivity index (χ1v) is 16.4. The Balaban J connectivity index is 1.35. The molecule has 9 heteroatoms. The molecule has 0 bridgehead atoms. The maximum Gasteiger partial charge on any atom is 0.294 e. The van der Waals surface area contributed by atoms with Gasteiger partial charge in [0.2, 0.25) is 0 Å². The fourth-order valence-electron chi connectivity index (χ4n) is 5.53. The van der Waals surface area contributed by atoms with Crippen molar-refractivity contribution in [2.24, 2.45) is 5.92 Å². The monoisotopic (exact) mass is 575 g/mol. The molecule has 9 nitrogen and oxygen atoms in total. The zero-order valence-electron chi connectivity index (χ0n) is 26.0. The summed E-state index contributed by atoms with van der Waals surface area (Å²) in [4.78, 5) is 36.3. The van der Waals surface area contributed by atoms with Gasteiger partial charge in [0.15, 0.2) is 0 Å². The average Bonchev–Trinajstić information content (AvgIpc) is 2.96. The number of piperazine rings is 1. The predicted octanol–water partition coefficient (Wildman–Crippen LogP) is 7.04. The largest absolute Gasteiger partial charge is 0.354 e. The molecule has 0 saturated carbocycles. The topological polar surface area (TPSA) is 101 Å². The second kappa shape index (κ2) is 22.2. The number of anilines is 1. The highest BCUT2D eigenvalue weighted by Gasteiger charge is 2.18.